The SMILES string of the molecule is CCCC(=O)N(OC)C(C)c1ccc(-c2noc(C(F)(F)F)n2)cc1. The number of aromatic nitrogens is 2. The minimum absolute atomic E-state index is 0.144. The van der Waals surface area contributed by atoms with E-state index in [0.717, 1.165) is 5.56 Å². The molecule has 1 amide bonds. The Balaban J connectivity index is 2.18. The van der Waals surface area contributed by atoms with Gasteiger partial charge in [0, 0.05) is 12.0 Å². The molecule has 0 aliphatic heterocycles. The number of hydrogen-bond acceptors (Lipinski definition) is 5. The lowest BCUT2D eigenvalue weighted by molar-refractivity contribution is -0.187. The van der Waals surface area contributed by atoms with Crippen LogP contribution < -0.4 is 0 Å². The van der Waals surface area contributed by atoms with Crippen LogP contribution in [0.15, 0.2) is 28.8 Å². The van der Waals surface area contributed by atoms with Crippen LogP contribution in [0.4, 0.5) is 13.2 Å². The number of nitrogens with zero attached hydrogens (tertiary/aromatic N) is 3. The molecule has 0 saturated carbocycles. The monoisotopic (exact) mass is 357 g/mol. The van der Waals surface area contributed by atoms with E-state index in [2.05, 4.69) is 14.7 Å². The zero-order valence-electron chi connectivity index (χ0n) is 14.0. The number of benzene rings is 1. The van der Waals surface area contributed by atoms with Crippen molar-refractivity contribution in [3.05, 3.63) is 35.7 Å². The van der Waals surface area contributed by atoms with Crippen LogP contribution in [0.1, 0.15) is 44.2 Å². The van der Waals surface area contributed by atoms with Crippen molar-refractivity contribution in [3.8, 4) is 11.4 Å². The molecular formula is C16H18F3N3O3. The first-order valence-corrected chi connectivity index (χ1v) is 7.65. The number of halogens is 3. The Morgan fingerprint density at radius 3 is 2.44 bits per heavy atom. The molecule has 1 heterocycles. The fourth-order valence-electron chi connectivity index (χ4n) is 2.30. The van der Waals surface area contributed by atoms with Crippen LogP contribution in [0.5, 0.6) is 0 Å². The van der Waals surface area contributed by atoms with E-state index in [1.165, 1.54) is 12.2 Å². The highest BCUT2D eigenvalue weighted by molar-refractivity contribution is 5.75. The van der Waals surface area contributed by atoms with Crippen LogP contribution in [0.25, 0.3) is 11.4 Å². The maximum atomic E-state index is 12.5. The number of amides is 1. The Morgan fingerprint density at radius 1 is 1.32 bits per heavy atom. The van der Waals surface area contributed by atoms with Gasteiger partial charge in [-0.3, -0.25) is 9.63 Å². The normalized spacial score (nSPS) is 12.9. The number of alkyl halides is 3. The molecule has 0 aliphatic carbocycles. The molecule has 2 aromatic rings. The van der Waals surface area contributed by atoms with E-state index in [-0.39, 0.29) is 17.8 Å². The van der Waals surface area contributed by atoms with Gasteiger partial charge in [-0.2, -0.15) is 18.2 Å². The third-order valence-electron chi connectivity index (χ3n) is 3.58. The first-order chi connectivity index (χ1) is 11.8. The molecule has 9 heteroatoms. The lowest BCUT2D eigenvalue weighted by atomic mass is 10.1. The van der Waals surface area contributed by atoms with Crippen LogP contribution in [-0.4, -0.2) is 28.2 Å². The van der Waals surface area contributed by atoms with Gasteiger partial charge in [0.15, 0.2) is 0 Å². The fourth-order valence-corrected chi connectivity index (χ4v) is 2.30. The molecule has 0 spiro atoms. The molecule has 136 valence electrons. The van der Waals surface area contributed by atoms with Crippen molar-refractivity contribution in [2.75, 3.05) is 7.11 Å². The summed E-state index contributed by atoms with van der Waals surface area (Å²) in [5.74, 6) is -1.69. The maximum Gasteiger partial charge on any atom is 0.471 e. The Morgan fingerprint density at radius 2 is 1.96 bits per heavy atom. The average Bonchev–Trinajstić information content (AvgIpc) is 3.06. The Labute approximate surface area is 142 Å². The zero-order valence-corrected chi connectivity index (χ0v) is 14.0. The third-order valence-corrected chi connectivity index (χ3v) is 3.58. The first kappa shape index (κ1) is 18.9. The number of carbonyl (C=O) groups excluding carboxylic acids is 1. The van der Waals surface area contributed by atoms with Gasteiger partial charge in [-0.1, -0.05) is 36.3 Å². The second kappa shape index (κ2) is 7.64. The molecule has 0 saturated heterocycles. The Hall–Kier alpha value is -2.42. The van der Waals surface area contributed by atoms with Crippen molar-refractivity contribution in [1.29, 1.82) is 0 Å². The van der Waals surface area contributed by atoms with E-state index < -0.39 is 12.1 Å². The van der Waals surface area contributed by atoms with Crippen LogP contribution in [0.2, 0.25) is 0 Å². The van der Waals surface area contributed by atoms with E-state index >= 15 is 0 Å². The lowest BCUT2D eigenvalue weighted by Crippen LogP contribution is -2.32. The number of carbonyl (C=O) groups is 1. The Kier molecular flexibility index (Phi) is 5.78. The smallest absolute Gasteiger partial charge is 0.329 e. The third kappa shape index (κ3) is 4.36. The van der Waals surface area contributed by atoms with E-state index in [1.807, 2.05) is 6.92 Å². The van der Waals surface area contributed by atoms with Crippen LogP contribution in [-0.2, 0) is 15.8 Å². The van der Waals surface area contributed by atoms with Crippen LogP contribution >= 0.6 is 0 Å². The predicted octanol–water partition coefficient (Wildman–Crippen LogP) is 4.01. The van der Waals surface area contributed by atoms with Crippen molar-refractivity contribution in [1.82, 2.24) is 15.2 Å². The molecule has 2 rings (SSSR count). The van der Waals surface area contributed by atoms with Gasteiger partial charge in [0.1, 0.15) is 0 Å². The quantitative estimate of drug-likeness (QED) is 0.731. The summed E-state index contributed by atoms with van der Waals surface area (Å²) < 4.78 is 41.7. The van der Waals surface area contributed by atoms with Crippen molar-refractivity contribution >= 4 is 5.91 Å². The van der Waals surface area contributed by atoms with Crippen molar-refractivity contribution in [2.45, 2.75) is 38.9 Å². The lowest BCUT2D eigenvalue weighted by Gasteiger charge is -2.26. The minimum Gasteiger partial charge on any atom is -0.329 e. The van der Waals surface area contributed by atoms with Gasteiger partial charge in [0.2, 0.25) is 11.7 Å². The highest BCUT2D eigenvalue weighted by Crippen LogP contribution is 2.30. The number of hydrogen-bond donors (Lipinski definition) is 0. The summed E-state index contributed by atoms with van der Waals surface area (Å²) in [7, 11) is 1.41. The van der Waals surface area contributed by atoms with Crippen LogP contribution in [0, 0.1) is 0 Å². The standard InChI is InChI=1S/C16H18F3N3O3/c1-4-5-13(23)22(24-3)10(2)11-6-8-12(9-7-11)14-20-15(25-21-14)16(17,18)19/h6-10H,4-5H2,1-3H3. The summed E-state index contributed by atoms with van der Waals surface area (Å²) in [6, 6.07) is 6.13. The summed E-state index contributed by atoms with van der Waals surface area (Å²) in [6.45, 7) is 3.69. The van der Waals surface area contributed by atoms with Crippen LogP contribution in [0.3, 0.4) is 0 Å². The van der Waals surface area contributed by atoms with Gasteiger partial charge in [0.25, 0.3) is 0 Å². The van der Waals surface area contributed by atoms with Gasteiger partial charge in [-0.05, 0) is 18.9 Å². The van der Waals surface area contributed by atoms with Gasteiger partial charge >= 0.3 is 12.1 Å². The molecule has 0 N–H and O–H groups in total. The van der Waals surface area contributed by atoms with Gasteiger partial charge in [-0.15, -0.1) is 0 Å². The molecule has 1 unspecified atom stereocenters. The zero-order chi connectivity index (χ0) is 18.6. The molecule has 25 heavy (non-hydrogen) atoms. The van der Waals surface area contributed by atoms with Gasteiger partial charge in [0.05, 0.1) is 13.2 Å². The second-order valence-corrected chi connectivity index (χ2v) is 5.37. The van der Waals surface area contributed by atoms with E-state index in [0.29, 0.717) is 18.4 Å². The minimum atomic E-state index is -4.68. The summed E-state index contributed by atoms with van der Waals surface area (Å²) >= 11 is 0. The predicted molar refractivity (Wildman–Crippen MR) is 81.9 cm³/mol. The van der Waals surface area contributed by atoms with Gasteiger partial charge < -0.3 is 4.52 Å². The summed E-state index contributed by atoms with van der Waals surface area (Å²) in [5.41, 5.74) is 1.13. The molecular weight excluding hydrogens is 339 g/mol. The number of rotatable bonds is 6. The Bertz CT molecular complexity index is 713. The molecule has 1 atom stereocenters. The fraction of sp³-hybridized carbons (Fsp3) is 0.438. The summed E-state index contributed by atoms with van der Waals surface area (Å²) in [5, 5.41) is 4.61. The molecule has 0 bridgehead atoms. The van der Waals surface area contributed by atoms with Crippen molar-refractivity contribution in [2.24, 2.45) is 0 Å². The highest BCUT2D eigenvalue weighted by atomic mass is 19.4. The van der Waals surface area contributed by atoms with E-state index in [1.54, 1.807) is 31.2 Å². The highest BCUT2D eigenvalue weighted by Gasteiger charge is 2.38. The molecule has 1 aromatic carbocycles. The first-order valence-electron chi connectivity index (χ1n) is 7.65. The molecule has 6 nitrogen and oxygen atoms in total. The largest absolute Gasteiger partial charge is 0.471 e. The van der Waals surface area contributed by atoms with Crippen molar-refractivity contribution < 1.29 is 27.3 Å². The van der Waals surface area contributed by atoms with E-state index in [9.17, 15) is 18.0 Å². The van der Waals surface area contributed by atoms with Gasteiger partial charge in [-0.25, -0.2) is 5.06 Å². The molecule has 0 fully saturated rings. The molecule has 0 radical (unpaired) electrons. The maximum absolute atomic E-state index is 12.5. The summed E-state index contributed by atoms with van der Waals surface area (Å²) in [4.78, 5) is 20.5. The number of hydroxylamine groups is 2. The molecule has 1 aromatic heterocycles. The van der Waals surface area contributed by atoms with E-state index in [4.69, 9.17) is 4.84 Å². The average molecular weight is 357 g/mol. The van der Waals surface area contributed by atoms with Crippen molar-refractivity contribution in [3.63, 3.8) is 0 Å². The topological polar surface area (TPSA) is 68.5 Å². The summed E-state index contributed by atoms with van der Waals surface area (Å²) in [6.07, 6.45) is -3.62. The second-order valence-electron chi connectivity index (χ2n) is 5.37. The molecule has 0 aliphatic rings.